The van der Waals surface area contributed by atoms with Crippen LogP contribution in [-0.4, -0.2) is 36.8 Å². The second kappa shape index (κ2) is 6.21. The van der Waals surface area contributed by atoms with Crippen molar-refractivity contribution in [1.29, 1.82) is 0 Å². The van der Waals surface area contributed by atoms with Crippen molar-refractivity contribution in [3.8, 4) is 0 Å². The molecule has 2 unspecified atom stereocenters. The van der Waals surface area contributed by atoms with Gasteiger partial charge in [-0.2, -0.15) is 0 Å². The Labute approximate surface area is 97.8 Å². The van der Waals surface area contributed by atoms with Crippen LogP contribution in [0.5, 0.6) is 0 Å². The predicted octanol–water partition coefficient (Wildman–Crippen LogP) is 0.653. The van der Waals surface area contributed by atoms with E-state index in [-0.39, 0.29) is 24.0 Å². The summed E-state index contributed by atoms with van der Waals surface area (Å²) in [6.45, 7) is 5.72. The van der Waals surface area contributed by atoms with Gasteiger partial charge in [-0.25, -0.2) is 0 Å². The number of hydrogen-bond acceptors (Lipinski definition) is 3. The second-order valence-corrected chi connectivity index (χ2v) is 4.87. The van der Waals surface area contributed by atoms with Crippen LogP contribution >= 0.6 is 0 Å². The molecule has 94 valence electrons. The molecule has 0 aliphatic carbocycles. The van der Waals surface area contributed by atoms with Gasteiger partial charge in [0.05, 0.1) is 12.0 Å². The number of amides is 1. The van der Waals surface area contributed by atoms with E-state index < -0.39 is 0 Å². The molecule has 0 aromatic rings. The average molecular weight is 228 g/mol. The van der Waals surface area contributed by atoms with Gasteiger partial charge in [-0.1, -0.05) is 13.3 Å². The highest BCUT2D eigenvalue weighted by Crippen LogP contribution is 2.31. The number of carbonyl (C=O) groups is 1. The van der Waals surface area contributed by atoms with Crippen LogP contribution in [0.1, 0.15) is 39.5 Å². The molecule has 0 radical (unpaired) electrons. The Hall–Kier alpha value is -0.610. The van der Waals surface area contributed by atoms with E-state index in [1.807, 2.05) is 6.92 Å². The molecule has 4 heteroatoms. The highest BCUT2D eigenvalue weighted by atomic mass is 16.3. The quantitative estimate of drug-likeness (QED) is 0.647. The molecule has 0 aromatic carbocycles. The third-order valence-corrected chi connectivity index (χ3v) is 3.33. The topological polar surface area (TPSA) is 61.4 Å². The maximum atomic E-state index is 12.2. The van der Waals surface area contributed by atoms with E-state index in [0.29, 0.717) is 0 Å². The molecular weight excluding hydrogens is 204 g/mol. The molecule has 0 saturated carbocycles. The zero-order valence-corrected chi connectivity index (χ0v) is 10.4. The van der Waals surface area contributed by atoms with Gasteiger partial charge in [0.15, 0.2) is 0 Å². The lowest BCUT2D eigenvalue weighted by Crippen LogP contribution is -2.52. The van der Waals surface area contributed by atoms with Gasteiger partial charge < -0.3 is 15.7 Å². The molecule has 1 fully saturated rings. The summed E-state index contributed by atoms with van der Waals surface area (Å²) in [5.74, 6) is 0.100. The summed E-state index contributed by atoms with van der Waals surface area (Å²) in [7, 11) is 0. The van der Waals surface area contributed by atoms with E-state index in [4.69, 9.17) is 5.11 Å². The van der Waals surface area contributed by atoms with Crippen molar-refractivity contribution in [2.24, 2.45) is 5.41 Å². The van der Waals surface area contributed by atoms with Crippen LogP contribution in [0.2, 0.25) is 0 Å². The number of rotatable bonds is 5. The number of piperidine rings is 1. The standard InChI is InChI=1S/C12H24N2O2/c1-3-5-12(6-4-7-13-9-12)11(16)14-10(2)8-15/h10,13,15H,3-9H2,1-2H3,(H,14,16). The lowest BCUT2D eigenvalue weighted by Gasteiger charge is -2.37. The highest BCUT2D eigenvalue weighted by Gasteiger charge is 2.38. The van der Waals surface area contributed by atoms with Gasteiger partial charge in [-0.3, -0.25) is 4.79 Å². The van der Waals surface area contributed by atoms with Gasteiger partial charge in [-0.15, -0.1) is 0 Å². The summed E-state index contributed by atoms with van der Waals surface area (Å²) in [6, 6.07) is -0.150. The Kier molecular flexibility index (Phi) is 5.22. The minimum Gasteiger partial charge on any atom is -0.394 e. The van der Waals surface area contributed by atoms with E-state index in [2.05, 4.69) is 17.6 Å². The number of hydrogen-bond donors (Lipinski definition) is 3. The molecule has 0 aromatic heterocycles. The molecule has 4 nitrogen and oxygen atoms in total. The fraction of sp³-hybridized carbons (Fsp3) is 0.917. The molecule has 0 bridgehead atoms. The first kappa shape index (κ1) is 13.5. The molecule has 2 atom stereocenters. The molecule has 0 spiro atoms. The zero-order valence-electron chi connectivity index (χ0n) is 10.4. The molecule has 3 N–H and O–H groups in total. The fourth-order valence-electron chi connectivity index (χ4n) is 2.39. The third kappa shape index (κ3) is 3.19. The molecule has 1 heterocycles. The molecule has 16 heavy (non-hydrogen) atoms. The first-order chi connectivity index (χ1) is 7.64. The Balaban J connectivity index is 2.64. The van der Waals surface area contributed by atoms with E-state index in [0.717, 1.165) is 38.8 Å². The van der Waals surface area contributed by atoms with Crippen molar-refractivity contribution in [3.05, 3.63) is 0 Å². The van der Waals surface area contributed by atoms with Gasteiger partial charge in [0.25, 0.3) is 0 Å². The van der Waals surface area contributed by atoms with Crippen LogP contribution in [0.4, 0.5) is 0 Å². The predicted molar refractivity (Wildman–Crippen MR) is 64.1 cm³/mol. The summed E-state index contributed by atoms with van der Waals surface area (Å²) in [5.41, 5.74) is -0.254. The minimum atomic E-state index is -0.254. The fourth-order valence-corrected chi connectivity index (χ4v) is 2.39. The van der Waals surface area contributed by atoms with Crippen LogP contribution in [0, 0.1) is 5.41 Å². The number of aliphatic hydroxyl groups is 1. The molecule has 1 aliphatic heterocycles. The molecular formula is C12H24N2O2. The van der Waals surface area contributed by atoms with Crippen molar-refractivity contribution in [2.45, 2.75) is 45.6 Å². The second-order valence-electron chi connectivity index (χ2n) is 4.87. The Morgan fingerprint density at radius 3 is 2.88 bits per heavy atom. The van der Waals surface area contributed by atoms with E-state index in [9.17, 15) is 4.79 Å². The molecule has 1 amide bonds. The van der Waals surface area contributed by atoms with Gasteiger partial charge in [0, 0.05) is 12.6 Å². The van der Waals surface area contributed by atoms with Crippen LogP contribution < -0.4 is 10.6 Å². The normalized spacial score (nSPS) is 27.4. The molecule has 1 aliphatic rings. The minimum absolute atomic E-state index is 0.00136. The largest absolute Gasteiger partial charge is 0.394 e. The maximum Gasteiger partial charge on any atom is 0.227 e. The summed E-state index contributed by atoms with van der Waals surface area (Å²) in [4.78, 5) is 12.2. The summed E-state index contributed by atoms with van der Waals surface area (Å²) in [5, 5.41) is 15.2. The van der Waals surface area contributed by atoms with Gasteiger partial charge in [-0.05, 0) is 32.7 Å². The first-order valence-electron chi connectivity index (χ1n) is 6.27. The van der Waals surface area contributed by atoms with Gasteiger partial charge >= 0.3 is 0 Å². The van der Waals surface area contributed by atoms with Crippen LogP contribution in [0.3, 0.4) is 0 Å². The van der Waals surface area contributed by atoms with Crippen molar-refractivity contribution in [2.75, 3.05) is 19.7 Å². The van der Waals surface area contributed by atoms with Crippen LogP contribution in [-0.2, 0) is 4.79 Å². The lowest BCUT2D eigenvalue weighted by atomic mass is 9.76. The maximum absolute atomic E-state index is 12.2. The van der Waals surface area contributed by atoms with E-state index in [1.165, 1.54) is 0 Å². The first-order valence-corrected chi connectivity index (χ1v) is 6.27. The Morgan fingerprint density at radius 1 is 1.62 bits per heavy atom. The SMILES string of the molecule is CCCC1(C(=O)NC(C)CO)CCCNC1. The van der Waals surface area contributed by atoms with Crippen molar-refractivity contribution in [1.82, 2.24) is 10.6 Å². The van der Waals surface area contributed by atoms with Crippen molar-refractivity contribution >= 4 is 5.91 Å². The smallest absolute Gasteiger partial charge is 0.227 e. The number of nitrogens with one attached hydrogen (secondary N) is 2. The van der Waals surface area contributed by atoms with Gasteiger partial charge in [0.2, 0.25) is 5.91 Å². The molecule has 1 rings (SSSR count). The lowest BCUT2D eigenvalue weighted by molar-refractivity contribution is -0.133. The summed E-state index contributed by atoms with van der Waals surface area (Å²) < 4.78 is 0. The Morgan fingerprint density at radius 2 is 2.38 bits per heavy atom. The van der Waals surface area contributed by atoms with E-state index >= 15 is 0 Å². The Bertz CT molecular complexity index is 220. The average Bonchev–Trinajstić information content (AvgIpc) is 2.30. The molecule has 1 saturated heterocycles. The number of aliphatic hydroxyl groups excluding tert-OH is 1. The van der Waals surface area contributed by atoms with E-state index in [1.54, 1.807) is 0 Å². The van der Waals surface area contributed by atoms with Crippen LogP contribution in [0.25, 0.3) is 0 Å². The van der Waals surface area contributed by atoms with Crippen molar-refractivity contribution < 1.29 is 9.90 Å². The summed E-state index contributed by atoms with van der Waals surface area (Å²) in [6.07, 6.45) is 3.95. The number of carbonyl (C=O) groups excluding carboxylic acids is 1. The third-order valence-electron chi connectivity index (χ3n) is 3.33. The summed E-state index contributed by atoms with van der Waals surface area (Å²) >= 11 is 0. The zero-order chi connectivity index (χ0) is 12.0. The van der Waals surface area contributed by atoms with Crippen molar-refractivity contribution in [3.63, 3.8) is 0 Å². The highest BCUT2D eigenvalue weighted by molar-refractivity contribution is 5.83. The van der Waals surface area contributed by atoms with Crippen LogP contribution in [0.15, 0.2) is 0 Å². The van der Waals surface area contributed by atoms with Gasteiger partial charge in [0.1, 0.15) is 0 Å². The monoisotopic (exact) mass is 228 g/mol.